The van der Waals surface area contributed by atoms with Crippen molar-refractivity contribution in [1.29, 1.82) is 0 Å². The van der Waals surface area contributed by atoms with E-state index in [4.69, 9.17) is 5.73 Å². The maximum absolute atomic E-state index is 12.6. The second-order valence-electron chi connectivity index (χ2n) is 5.42. The molecular weight excluding hydrogens is 388 g/mol. The van der Waals surface area contributed by atoms with Crippen molar-refractivity contribution in [2.75, 3.05) is 5.32 Å². The molecule has 9 heteroatoms. The Morgan fingerprint density at radius 3 is 2.56 bits per heavy atom. The summed E-state index contributed by atoms with van der Waals surface area (Å²) in [6.07, 6.45) is 1.48. The van der Waals surface area contributed by atoms with Gasteiger partial charge in [-0.15, -0.1) is 0 Å². The number of rotatable bonds is 4. The minimum absolute atomic E-state index is 0.0104. The summed E-state index contributed by atoms with van der Waals surface area (Å²) in [4.78, 5) is 24.0. The molecule has 0 aliphatic carbocycles. The Kier molecular flexibility index (Phi) is 4.41. The summed E-state index contributed by atoms with van der Waals surface area (Å²) in [6.45, 7) is 3.48. The van der Waals surface area contributed by atoms with E-state index in [9.17, 15) is 9.59 Å². The fourth-order valence-electron chi connectivity index (χ4n) is 2.42. The fourth-order valence-corrected chi connectivity index (χ4v) is 2.68. The molecule has 8 nitrogen and oxygen atoms in total. The zero-order valence-electron chi connectivity index (χ0n) is 13.5. The minimum atomic E-state index is -0.720. The highest BCUT2D eigenvalue weighted by Gasteiger charge is 2.21. The summed E-state index contributed by atoms with van der Waals surface area (Å²) < 4.78 is 2.62. The molecule has 0 saturated carbocycles. The maximum Gasteiger partial charge on any atom is 0.271 e. The van der Waals surface area contributed by atoms with Gasteiger partial charge in [-0.3, -0.25) is 14.7 Å². The van der Waals surface area contributed by atoms with Crippen LogP contribution in [-0.2, 0) is 0 Å². The largest absolute Gasteiger partial charge is 0.364 e. The number of primary amides is 1. The van der Waals surface area contributed by atoms with Crippen molar-refractivity contribution in [3.05, 3.63) is 57.6 Å². The molecule has 0 unspecified atom stereocenters. The van der Waals surface area contributed by atoms with Crippen LogP contribution in [0.2, 0.25) is 0 Å². The van der Waals surface area contributed by atoms with E-state index in [0.29, 0.717) is 17.0 Å². The van der Waals surface area contributed by atoms with Crippen molar-refractivity contribution in [3.63, 3.8) is 0 Å². The van der Waals surface area contributed by atoms with Crippen molar-refractivity contribution in [2.45, 2.75) is 13.8 Å². The van der Waals surface area contributed by atoms with E-state index in [1.165, 1.54) is 6.20 Å². The van der Waals surface area contributed by atoms with Crippen LogP contribution in [0.5, 0.6) is 0 Å². The number of aromatic amines is 1. The molecular formula is C16H15BrN6O2. The third-order valence-corrected chi connectivity index (χ3v) is 4.27. The lowest BCUT2D eigenvalue weighted by molar-refractivity contribution is 0.0996. The van der Waals surface area contributed by atoms with E-state index in [1.54, 1.807) is 18.5 Å². The van der Waals surface area contributed by atoms with Crippen molar-refractivity contribution < 1.29 is 9.59 Å². The van der Waals surface area contributed by atoms with Crippen molar-refractivity contribution >= 4 is 33.4 Å². The highest BCUT2D eigenvalue weighted by Crippen LogP contribution is 2.21. The van der Waals surface area contributed by atoms with Gasteiger partial charge in [-0.05, 0) is 38.1 Å². The van der Waals surface area contributed by atoms with Crippen LogP contribution in [-0.4, -0.2) is 31.8 Å². The highest BCUT2D eigenvalue weighted by molar-refractivity contribution is 9.10. The summed E-state index contributed by atoms with van der Waals surface area (Å²) in [5.41, 5.74) is 7.96. The van der Waals surface area contributed by atoms with Crippen LogP contribution >= 0.6 is 15.9 Å². The lowest BCUT2D eigenvalue weighted by Crippen LogP contribution is -2.18. The molecule has 4 N–H and O–H groups in total. The number of hydrogen-bond acceptors (Lipinski definition) is 4. The summed E-state index contributed by atoms with van der Waals surface area (Å²) >= 11 is 3.38. The zero-order valence-corrected chi connectivity index (χ0v) is 15.1. The van der Waals surface area contributed by atoms with E-state index in [0.717, 1.165) is 10.2 Å². The van der Waals surface area contributed by atoms with Crippen LogP contribution in [0.4, 0.5) is 5.69 Å². The van der Waals surface area contributed by atoms with E-state index in [1.807, 2.05) is 24.3 Å². The summed E-state index contributed by atoms with van der Waals surface area (Å²) in [5, 5.41) is 13.4. The predicted molar refractivity (Wildman–Crippen MR) is 95.8 cm³/mol. The molecule has 25 heavy (non-hydrogen) atoms. The Hall–Kier alpha value is -2.94. The van der Waals surface area contributed by atoms with Gasteiger partial charge in [0.25, 0.3) is 11.8 Å². The van der Waals surface area contributed by atoms with Crippen LogP contribution in [0.25, 0.3) is 5.69 Å². The first kappa shape index (κ1) is 16.9. The molecule has 3 aromatic rings. The quantitative estimate of drug-likeness (QED) is 0.620. The van der Waals surface area contributed by atoms with E-state index >= 15 is 0 Å². The molecule has 0 radical (unpaired) electrons. The molecule has 0 spiro atoms. The number of amides is 2. The van der Waals surface area contributed by atoms with Crippen LogP contribution < -0.4 is 11.1 Å². The maximum atomic E-state index is 12.6. The lowest BCUT2D eigenvalue weighted by atomic mass is 10.2. The Morgan fingerprint density at radius 2 is 1.92 bits per heavy atom. The number of nitrogens with one attached hydrogen (secondary N) is 2. The van der Waals surface area contributed by atoms with Gasteiger partial charge in [0, 0.05) is 4.47 Å². The average molecular weight is 403 g/mol. The number of benzene rings is 1. The molecule has 0 aliphatic heterocycles. The molecule has 0 atom stereocenters. The Bertz CT molecular complexity index is 958. The standard InChI is InChI=1S/C16H15BrN6O2/c1-8-13(14(15(18)24)22-21-8)20-16(25)12-7-19-23(9(12)2)11-5-3-10(17)4-6-11/h3-7H,1-2H3,(H2,18,24)(H,20,25)(H,21,22). The third-order valence-electron chi connectivity index (χ3n) is 3.74. The molecule has 2 amide bonds. The predicted octanol–water partition coefficient (Wildman–Crippen LogP) is 2.33. The van der Waals surface area contributed by atoms with E-state index in [2.05, 4.69) is 36.5 Å². The number of H-pyrrole nitrogens is 1. The van der Waals surface area contributed by atoms with Gasteiger partial charge in [-0.1, -0.05) is 15.9 Å². The van der Waals surface area contributed by atoms with Gasteiger partial charge in [0.15, 0.2) is 5.69 Å². The van der Waals surface area contributed by atoms with Gasteiger partial charge in [-0.25, -0.2) is 4.68 Å². The first-order valence-electron chi connectivity index (χ1n) is 7.35. The molecule has 0 fully saturated rings. The molecule has 1 aromatic carbocycles. The van der Waals surface area contributed by atoms with Crippen molar-refractivity contribution in [2.24, 2.45) is 5.73 Å². The number of nitrogens with two attached hydrogens (primary N) is 1. The average Bonchev–Trinajstić information content (AvgIpc) is 3.12. The van der Waals surface area contributed by atoms with Gasteiger partial charge in [0.2, 0.25) is 0 Å². The number of aryl methyl sites for hydroxylation is 1. The smallest absolute Gasteiger partial charge is 0.271 e. The number of anilines is 1. The minimum Gasteiger partial charge on any atom is -0.364 e. The van der Waals surface area contributed by atoms with Crippen LogP contribution in [0.15, 0.2) is 34.9 Å². The highest BCUT2D eigenvalue weighted by atomic mass is 79.9. The number of aromatic nitrogens is 4. The molecule has 3 rings (SSSR count). The van der Waals surface area contributed by atoms with E-state index < -0.39 is 11.8 Å². The molecule has 2 aromatic heterocycles. The monoisotopic (exact) mass is 402 g/mol. The summed E-state index contributed by atoms with van der Waals surface area (Å²) in [7, 11) is 0. The van der Waals surface area contributed by atoms with Gasteiger partial charge in [0.1, 0.15) is 0 Å². The second kappa shape index (κ2) is 6.52. The Morgan fingerprint density at radius 1 is 1.24 bits per heavy atom. The van der Waals surface area contributed by atoms with Gasteiger partial charge < -0.3 is 11.1 Å². The normalized spacial score (nSPS) is 10.7. The SMILES string of the molecule is Cc1[nH]nc(C(N)=O)c1NC(=O)c1cnn(-c2ccc(Br)cc2)c1C. The van der Waals surface area contributed by atoms with Crippen LogP contribution in [0.1, 0.15) is 32.2 Å². The number of hydrogen-bond donors (Lipinski definition) is 3. The first-order chi connectivity index (χ1) is 11.9. The van der Waals surface area contributed by atoms with Gasteiger partial charge >= 0.3 is 0 Å². The van der Waals surface area contributed by atoms with Crippen LogP contribution in [0, 0.1) is 13.8 Å². The molecule has 0 aliphatic rings. The van der Waals surface area contributed by atoms with Gasteiger partial charge in [-0.2, -0.15) is 10.2 Å². The van der Waals surface area contributed by atoms with Crippen molar-refractivity contribution in [3.8, 4) is 5.69 Å². The zero-order chi connectivity index (χ0) is 18.1. The molecule has 2 heterocycles. The third kappa shape index (κ3) is 3.18. The second-order valence-corrected chi connectivity index (χ2v) is 6.34. The van der Waals surface area contributed by atoms with E-state index in [-0.39, 0.29) is 11.4 Å². The molecule has 128 valence electrons. The van der Waals surface area contributed by atoms with Crippen molar-refractivity contribution in [1.82, 2.24) is 20.0 Å². The summed E-state index contributed by atoms with van der Waals surface area (Å²) in [6, 6.07) is 7.56. The Balaban J connectivity index is 1.91. The summed E-state index contributed by atoms with van der Waals surface area (Å²) in [5.74, 6) is -1.12. The molecule has 0 bridgehead atoms. The number of nitrogens with zero attached hydrogens (tertiary/aromatic N) is 3. The number of halogens is 1. The molecule has 0 saturated heterocycles. The lowest BCUT2D eigenvalue weighted by Gasteiger charge is -2.07. The van der Waals surface area contributed by atoms with Crippen LogP contribution in [0.3, 0.4) is 0 Å². The fraction of sp³-hybridized carbons (Fsp3) is 0.125. The number of carbonyl (C=O) groups is 2. The topological polar surface area (TPSA) is 119 Å². The Labute approximate surface area is 151 Å². The first-order valence-corrected chi connectivity index (χ1v) is 8.14. The number of carbonyl (C=O) groups excluding carboxylic acids is 2. The van der Waals surface area contributed by atoms with Gasteiger partial charge in [0.05, 0.1) is 34.5 Å².